The van der Waals surface area contributed by atoms with Crippen LogP contribution in [0.3, 0.4) is 0 Å². The van der Waals surface area contributed by atoms with E-state index in [1.54, 1.807) is 42.6 Å². The number of phenolic OH excluding ortho intramolecular Hbond substituents is 1. The number of carbonyl (C=O) groups excluding carboxylic acids is 1. The third-order valence-electron chi connectivity index (χ3n) is 3.41. The van der Waals surface area contributed by atoms with Gasteiger partial charge in [-0.2, -0.15) is 0 Å². The Balaban J connectivity index is 1.97. The summed E-state index contributed by atoms with van der Waals surface area (Å²) in [6, 6.07) is 11.8. The molecule has 0 radical (unpaired) electrons. The minimum absolute atomic E-state index is 0.120. The fourth-order valence-corrected chi connectivity index (χ4v) is 2.39. The molecule has 0 aliphatic rings. The Kier molecular flexibility index (Phi) is 4.04. The van der Waals surface area contributed by atoms with E-state index in [1.165, 1.54) is 7.11 Å². The highest BCUT2D eigenvalue weighted by Gasteiger charge is 2.16. The van der Waals surface area contributed by atoms with Gasteiger partial charge in [0.25, 0.3) is 5.91 Å². The van der Waals surface area contributed by atoms with Gasteiger partial charge in [0.05, 0.1) is 23.4 Å². The van der Waals surface area contributed by atoms with Crippen LogP contribution in [0.2, 0.25) is 5.02 Å². The minimum atomic E-state index is -0.481. The number of aromatic nitrogens is 1. The van der Waals surface area contributed by atoms with E-state index < -0.39 is 5.91 Å². The van der Waals surface area contributed by atoms with Crippen molar-refractivity contribution in [3.63, 3.8) is 0 Å². The van der Waals surface area contributed by atoms with Crippen molar-refractivity contribution in [2.45, 2.75) is 0 Å². The summed E-state index contributed by atoms with van der Waals surface area (Å²) in [5.41, 5.74) is 0.892. The maximum absolute atomic E-state index is 12.4. The third-order valence-corrected chi connectivity index (χ3v) is 3.74. The van der Waals surface area contributed by atoms with Crippen molar-refractivity contribution in [1.29, 1.82) is 0 Å². The Morgan fingerprint density at radius 2 is 2.09 bits per heavy atom. The molecule has 23 heavy (non-hydrogen) atoms. The molecule has 3 aromatic rings. The van der Waals surface area contributed by atoms with Crippen molar-refractivity contribution in [2.75, 3.05) is 12.4 Å². The first kappa shape index (κ1) is 15.1. The molecule has 0 aliphatic heterocycles. The van der Waals surface area contributed by atoms with Crippen molar-refractivity contribution in [2.24, 2.45) is 0 Å². The van der Waals surface area contributed by atoms with Gasteiger partial charge in [0.2, 0.25) is 0 Å². The SMILES string of the molecule is COc1ccc(Cl)c(NC(=O)c2ccc3cccnc3c2O)c1. The lowest BCUT2D eigenvalue weighted by molar-refractivity contribution is 0.102. The lowest BCUT2D eigenvalue weighted by Crippen LogP contribution is -2.12. The lowest BCUT2D eigenvalue weighted by atomic mass is 10.1. The second kappa shape index (κ2) is 6.14. The van der Waals surface area contributed by atoms with E-state index in [1.807, 2.05) is 6.07 Å². The van der Waals surface area contributed by atoms with Crippen molar-refractivity contribution >= 4 is 34.1 Å². The highest BCUT2D eigenvalue weighted by Crippen LogP contribution is 2.30. The lowest BCUT2D eigenvalue weighted by Gasteiger charge is -2.11. The van der Waals surface area contributed by atoms with Crippen LogP contribution in [0.5, 0.6) is 11.5 Å². The molecule has 5 nitrogen and oxygen atoms in total. The Bertz CT molecular complexity index is 896. The maximum Gasteiger partial charge on any atom is 0.259 e. The van der Waals surface area contributed by atoms with Crippen LogP contribution in [0.25, 0.3) is 10.9 Å². The zero-order valence-electron chi connectivity index (χ0n) is 12.2. The number of phenols is 1. The van der Waals surface area contributed by atoms with Crippen molar-refractivity contribution < 1.29 is 14.6 Å². The van der Waals surface area contributed by atoms with E-state index in [0.717, 1.165) is 5.39 Å². The number of fused-ring (bicyclic) bond motifs is 1. The molecular weight excluding hydrogens is 316 g/mol. The molecule has 0 saturated carbocycles. The number of hydrogen-bond donors (Lipinski definition) is 2. The molecule has 0 atom stereocenters. The molecule has 0 aliphatic carbocycles. The largest absolute Gasteiger partial charge is 0.505 e. The Morgan fingerprint density at radius 1 is 1.26 bits per heavy atom. The quantitative estimate of drug-likeness (QED) is 0.766. The normalized spacial score (nSPS) is 10.5. The molecule has 1 heterocycles. The first-order chi connectivity index (χ1) is 11.1. The fraction of sp³-hybridized carbons (Fsp3) is 0.0588. The summed E-state index contributed by atoms with van der Waals surface area (Å²) in [5.74, 6) is -0.0843. The van der Waals surface area contributed by atoms with E-state index >= 15 is 0 Å². The number of nitrogens with one attached hydrogen (secondary N) is 1. The highest BCUT2D eigenvalue weighted by atomic mass is 35.5. The summed E-state index contributed by atoms with van der Waals surface area (Å²) in [6.07, 6.45) is 1.56. The van der Waals surface area contributed by atoms with Gasteiger partial charge in [-0.3, -0.25) is 9.78 Å². The number of halogens is 1. The van der Waals surface area contributed by atoms with E-state index in [0.29, 0.717) is 22.0 Å². The summed E-state index contributed by atoms with van der Waals surface area (Å²) in [7, 11) is 1.52. The third kappa shape index (κ3) is 2.91. The minimum Gasteiger partial charge on any atom is -0.505 e. The Morgan fingerprint density at radius 3 is 2.87 bits per heavy atom. The topological polar surface area (TPSA) is 71.5 Å². The molecule has 0 saturated heterocycles. The fourth-order valence-electron chi connectivity index (χ4n) is 2.23. The number of pyridine rings is 1. The summed E-state index contributed by atoms with van der Waals surface area (Å²) in [6.45, 7) is 0. The molecule has 2 aromatic carbocycles. The second-order valence-corrected chi connectivity index (χ2v) is 5.24. The monoisotopic (exact) mass is 328 g/mol. The van der Waals surface area contributed by atoms with Crippen LogP contribution >= 0.6 is 11.6 Å². The van der Waals surface area contributed by atoms with Crippen LogP contribution in [0.15, 0.2) is 48.7 Å². The van der Waals surface area contributed by atoms with E-state index in [9.17, 15) is 9.90 Å². The first-order valence-electron chi connectivity index (χ1n) is 6.81. The van der Waals surface area contributed by atoms with Gasteiger partial charge in [0.15, 0.2) is 5.75 Å². The Labute approximate surface area is 137 Å². The van der Waals surface area contributed by atoms with Crippen LogP contribution in [0, 0.1) is 0 Å². The molecule has 0 unspecified atom stereocenters. The van der Waals surface area contributed by atoms with Gasteiger partial charge < -0.3 is 15.2 Å². The first-order valence-corrected chi connectivity index (χ1v) is 7.19. The van der Waals surface area contributed by atoms with Crippen LogP contribution < -0.4 is 10.1 Å². The average Bonchev–Trinajstić information content (AvgIpc) is 2.57. The summed E-state index contributed by atoms with van der Waals surface area (Å²) in [4.78, 5) is 16.5. The molecule has 2 N–H and O–H groups in total. The molecule has 0 spiro atoms. The molecule has 1 aromatic heterocycles. The van der Waals surface area contributed by atoms with Crippen molar-refractivity contribution in [1.82, 2.24) is 4.98 Å². The van der Waals surface area contributed by atoms with Gasteiger partial charge in [0, 0.05) is 17.6 Å². The van der Waals surface area contributed by atoms with Gasteiger partial charge in [-0.1, -0.05) is 23.7 Å². The van der Waals surface area contributed by atoms with Crippen LogP contribution in [0.4, 0.5) is 5.69 Å². The van der Waals surface area contributed by atoms with Crippen molar-refractivity contribution in [3.8, 4) is 11.5 Å². The maximum atomic E-state index is 12.4. The number of benzene rings is 2. The van der Waals surface area contributed by atoms with Gasteiger partial charge in [-0.05, 0) is 24.3 Å². The predicted octanol–water partition coefficient (Wildman–Crippen LogP) is 3.85. The zero-order chi connectivity index (χ0) is 16.4. The number of anilines is 1. The van der Waals surface area contributed by atoms with Gasteiger partial charge in [-0.15, -0.1) is 0 Å². The van der Waals surface area contributed by atoms with Gasteiger partial charge in [-0.25, -0.2) is 0 Å². The van der Waals surface area contributed by atoms with Crippen LogP contribution in [-0.2, 0) is 0 Å². The number of hydrogen-bond acceptors (Lipinski definition) is 4. The van der Waals surface area contributed by atoms with E-state index in [4.69, 9.17) is 16.3 Å². The summed E-state index contributed by atoms with van der Waals surface area (Å²) < 4.78 is 5.11. The van der Waals surface area contributed by atoms with Gasteiger partial charge in [0.1, 0.15) is 11.3 Å². The van der Waals surface area contributed by atoms with E-state index in [2.05, 4.69) is 10.3 Å². The second-order valence-electron chi connectivity index (χ2n) is 4.84. The Hall–Kier alpha value is -2.79. The standard InChI is InChI=1S/C17H13ClN2O3/c1-23-11-5-7-13(18)14(9-11)20-17(22)12-6-4-10-3-2-8-19-15(10)16(12)21/h2-9,21H,1H3,(H,20,22). The highest BCUT2D eigenvalue weighted by molar-refractivity contribution is 6.34. The number of aromatic hydroxyl groups is 1. The van der Waals surface area contributed by atoms with Crippen LogP contribution in [0.1, 0.15) is 10.4 Å². The van der Waals surface area contributed by atoms with Crippen molar-refractivity contribution in [3.05, 3.63) is 59.2 Å². The molecular formula is C17H13ClN2O3. The van der Waals surface area contributed by atoms with E-state index in [-0.39, 0.29) is 11.3 Å². The molecule has 3 rings (SSSR count). The molecule has 6 heteroatoms. The molecule has 0 bridgehead atoms. The smallest absolute Gasteiger partial charge is 0.259 e. The average molecular weight is 329 g/mol. The van der Waals surface area contributed by atoms with Gasteiger partial charge >= 0.3 is 0 Å². The molecule has 0 fully saturated rings. The summed E-state index contributed by atoms with van der Waals surface area (Å²) in [5, 5.41) is 14.1. The number of amides is 1. The number of ether oxygens (including phenoxy) is 1. The zero-order valence-corrected chi connectivity index (χ0v) is 13.0. The number of nitrogens with zero attached hydrogens (tertiary/aromatic N) is 1. The number of methoxy groups -OCH3 is 1. The summed E-state index contributed by atoms with van der Waals surface area (Å²) >= 11 is 6.07. The predicted molar refractivity (Wildman–Crippen MR) is 89.4 cm³/mol. The number of rotatable bonds is 3. The van der Waals surface area contributed by atoms with Crippen LogP contribution in [-0.4, -0.2) is 23.1 Å². The molecule has 116 valence electrons. The molecule has 1 amide bonds. The number of carbonyl (C=O) groups is 1.